The smallest absolute Gasteiger partial charge is 0.236 e. The predicted octanol–water partition coefficient (Wildman–Crippen LogP) is 1.55. The van der Waals surface area contributed by atoms with Crippen molar-refractivity contribution in [3.63, 3.8) is 0 Å². The molecule has 7 heteroatoms. The predicted molar refractivity (Wildman–Crippen MR) is 94.0 cm³/mol. The van der Waals surface area contributed by atoms with Gasteiger partial charge in [-0.05, 0) is 31.4 Å². The van der Waals surface area contributed by atoms with Crippen LogP contribution in [0.2, 0.25) is 0 Å². The van der Waals surface area contributed by atoms with Crippen molar-refractivity contribution in [3.8, 4) is 0 Å². The van der Waals surface area contributed by atoms with Crippen LogP contribution in [0.25, 0.3) is 0 Å². The summed E-state index contributed by atoms with van der Waals surface area (Å²) in [5.74, 6) is 4.42. The maximum Gasteiger partial charge on any atom is 0.236 e. The molecule has 2 aromatic heterocycles. The number of amides is 1. The van der Waals surface area contributed by atoms with Crippen molar-refractivity contribution < 1.29 is 9.21 Å². The van der Waals surface area contributed by atoms with Crippen LogP contribution in [0.4, 0.5) is 0 Å². The van der Waals surface area contributed by atoms with E-state index in [-0.39, 0.29) is 5.91 Å². The largest absolute Gasteiger partial charge is 0.464 e. The van der Waals surface area contributed by atoms with E-state index in [2.05, 4.69) is 27.0 Å². The molecule has 0 bridgehead atoms. The summed E-state index contributed by atoms with van der Waals surface area (Å²) in [4.78, 5) is 13.9. The van der Waals surface area contributed by atoms with Crippen molar-refractivity contribution in [2.45, 2.75) is 46.2 Å². The fourth-order valence-corrected chi connectivity index (χ4v) is 3.29. The molecule has 3 heterocycles. The zero-order chi connectivity index (χ0) is 17.8. The first kappa shape index (κ1) is 17.7. The first-order chi connectivity index (χ1) is 12.1. The van der Waals surface area contributed by atoms with Crippen LogP contribution < -0.4 is 5.32 Å². The van der Waals surface area contributed by atoms with Crippen molar-refractivity contribution in [3.05, 3.63) is 35.3 Å². The quantitative estimate of drug-likeness (QED) is 0.824. The third-order valence-corrected chi connectivity index (χ3v) is 4.76. The van der Waals surface area contributed by atoms with Gasteiger partial charge in [0.1, 0.15) is 23.2 Å². The van der Waals surface area contributed by atoms with Crippen LogP contribution in [-0.2, 0) is 30.7 Å². The summed E-state index contributed by atoms with van der Waals surface area (Å²) in [6, 6.07) is 3.83. The summed E-state index contributed by atoms with van der Waals surface area (Å²) in [6.07, 6.45) is 2.96. The lowest BCUT2D eigenvalue weighted by Gasteiger charge is -2.25. The molecule has 0 aromatic carbocycles. The lowest BCUT2D eigenvalue weighted by Crippen LogP contribution is -2.38. The first-order valence-electron chi connectivity index (χ1n) is 8.97. The Labute approximate surface area is 148 Å². The number of nitrogens with one attached hydrogen (secondary N) is 1. The maximum atomic E-state index is 12.2. The molecule has 25 heavy (non-hydrogen) atoms. The fourth-order valence-electron chi connectivity index (χ4n) is 3.29. The van der Waals surface area contributed by atoms with Gasteiger partial charge in [-0.15, -0.1) is 10.2 Å². The average molecular weight is 345 g/mol. The maximum absolute atomic E-state index is 12.2. The Morgan fingerprint density at radius 3 is 3.00 bits per heavy atom. The average Bonchev–Trinajstić information content (AvgIpc) is 3.20. The molecule has 1 N–H and O–H groups in total. The minimum Gasteiger partial charge on any atom is -0.464 e. The molecule has 0 saturated carbocycles. The Balaban J connectivity index is 1.42. The molecule has 1 aliphatic heterocycles. The van der Waals surface area contributed by atoms with Gasteiger partial charge in [-0.1, -0.05) is 6.92 Å². The summed E-state index contributed by atoms with van der Waals surface area (Å²) in [6.45, 7) is 6.63. The number of carbonyl (C=O) groups is 1. The molecule has 1 aliphatic rings. The fraction of sp³-hybridized carbons (Fsp3) is 0.611. The van der Waals surface area contributed by atoms with E-state index in [0.717, 1.165) is 55.5 Å². The van der Waals surface area contributed by atoms with E-state index in [0.29, 0.717) is 19.0 Å². The van der Waals surface area contributed by atoms with Crippen molar-refractivity contribution in [2.75, 3.05) is 20.1 Å². The number of fused-ring (bicyclic) bond motifs is 1. The first-order valence-corrected chi connectivity index (χ1v) is 8.97. The molecule has 7 nitrogen and oxygen atoms in total. The van der Waals surface area contributed by atoms with Gasteiger partial charge in [0.25, 0.3) is 0 Å². The molecule has 1 amide bonds. The summed E-state index contributed by atoms with van der Waals surface area (Å²) < 4.78 is 7.76. The summed E-state index contributed by atoms with van der Waals surface area (Å²) in [7, 11) is 1.80. The van der Waals surface area contributed by atoms with Gasteiger partial charge >= 0.3 is 0 Å². The van der Waals surface area contributed by atoms with Crippen molar-refractivity contribution in [2.24, 2.45) is 5.92 Å². The van der Waals surface area contributed by atoms with E-state index < -0.39 is 0 Å². The van der Waals surface area contributed by atoms with E-state index in [9.17, 15) is 4.79 Å². The van der Waals surface area contributed by atoms with Gasteiger partial charge in [-0.25, -0.2) is 0 Å². The van der Waals surface area contributed by atoms with Gasteiger partial charge in [0, 0.05) is 33.0 Å². The topological polar surface area (TPSA) is 76.2 Å². The minimum atomic E-state index is 0.0732. The second kappa shape index (κ2) is 7.82. The van der Waals surface area contributed by atoms with Crippen molar-refractivity contribution in [1.29, 1.82) is 0 Å². The number of nitrogens with zero attached hydrogens (tertiary/aromatic N) is 4. The Bertz CT molecular complexity index is 707. The molecule has 0 saturated heterocycles. The minimum absolute atomic E-state index is 0.0732. The SMILES string of the molecule is CCc1nnc2n1C[C@@H](CNCC(=O)N(C)Cc1ccc(C)o1)CC2. The van der Waals surface area contributed by atoms with Crippen molar-refractivity contribution >= 4 is 5.91 Å². The van der Waals surface area contributed by atoms with Crippen LogP contribution in [-0.4, -0.2) is 45.7 Å². The van der Waals surface area contributed by atoms with Crippen LogP contribution in [0, 0.1) is 12.8 Å². The molecule has 0 aliphatic carbocycles. The number of aromatic nitrogens is 3. The molecular formula is C18H27N5O2. The Hall–Kier alpha value is -2.15. The molecule has 2 aromatic rings. The number of furan rings is 1. The molecule has 1 atom stereocenters. The van der Waals surface area contributed by atoms with Gasteiger partial charge in [0.2, 0.25) is 5.91 Å². The van der Waals surface area contributed by atoms with E-state index in [4.69, 9.17) is 4.42 Å². The van der Waals surface area contributed by atoms with E-state index in [1.807, 2.05) is 19.1 Å². The highest BCUT2D eigenvalue weighted by molar-refractivity contribution is 5.77. The number of aryl methyl sites for hydroxylation is 3. The monoisotopic (exact) mass is 345 g/mol. The highest BCUT2D eigenvalue weighted by atomic mass is 16.3. The third-order valence-electron chi connectivity index (χ3n) is 4.76. The van der Waals surface area contributed by atoms with Crippen LogP contribution in [0.3, 0.4) is 0 Å². The van der Waals surface area contributed by atoms with Gasteiger partial charge in [-0.3, -0.25) is 4.79 Å². The lowest BCUT2D eigenvalue weighted by molar-refractivity contribution is -0.129. The Morgan fingerprint density at radius 1 is 1.44 bits per heavy atom. The zero-order valence-corrected chi connectivity index (χ0v) is 15.3. The molecule has 0 radical (unpaired) electrons. The van der Waals surface area contributed by atoms with E-state index in [1.165, 1.54) is 0 Å². The number of rotatable bonds is 7. The standard InChI is InChI=1S/C18H27N5O2/c1-4-16-20-21-17-8-6-14(11-23(16)17)9-19-10-18(24)22(3)12-15-7-5-13(2)25-15/h5,7,14,19H,4,6,8-12H2,1-3H3/t14-/m1/s1. The molecular weight excluding hydrogens is 318 g/mol. The van der Waals surface area contributed by atoms with Crippen molar-refractivity contribution in [1.82, 2.24) is 25.0 Å². The molecule has 0 spiro atoms. The summed E-state index contributed by atoms with van der Waals surface area (Å²) in [5, 5.41) is 11.8. The number of likely N-dealkylation sites (N-methyl/N-ethyl adjacent to an activating group) is 1. The highest BCUT2D eigenvalue weighted by Gasteiger charge is 2.22. The van der Waals surface area contributed by atoms with Crippen LogP contribution in [0.5, 0.6) is 0 Å². The van der Waals surface area contributed by atoms with Gasteiger partial charge in [0.15, 0.2) is 0 Å². The Morgan fingerprint density at radius 2 is 2.28 bits per heavy atom. The normalized spacial score (nSPS) is 16.7. The number of hydrogen-bond acceptors (Lipinski definition) is 5. The number of carbonyl (C=O) groups excluding carboxylic acids is 1. The van der Waals surface area contributed by atoms with Gasteiger partial charge in [-0.2, -0.15) is 0 Å². The molecule has 3 rings (SSSR count). The van der Waals surface area contributed by atoms with E-state index >= 15 is 0 Å². The Kier molecular flexibility index (Phi) is 5.53. The highest BCUT2D eigenvalue weighted by Crippen LogP contribution is 2.19. The summed E-state index contributed by atoms with van der Waals surface area (Å²) >= 11 is 0. The zero-order valence-electron chi connectivity index (χ0n) is 15.3. The lowest BCUT2D eigenvalue weighted by atomic mass is 9.99. The van der Waals surface area contributed by atoms with Gasteiger partial charge < -0.3 is 19.2 Å². The van der Waals surface area contributed by atoms with Crippen LogP contribution >= 0.6 is 0 Å². The number of hydrogen-bond donors (Lipinski definition) is 1. The second-order valence-electron chi connectivity index (χ2n) is 6.79. The summed E-state index contributed by atoms with van der Waals surface area (Å²) in [5.41, 5.74) is 0. The van der Waals surface area contributed by atoms with E-state index in [1.54, 1.807) is 11.9 Å². The third kappa shape index (κ3) is 4.28. The van der Waals surface area contributed by atoms with Crippen LogP contribution in [0.1, 0.15) is 36.5 Å². The molecule has 0 unspecified atom stereocenters. The molecule has 136 valence electrons. The van der Waals surface area contributed by atoms with Crippen LogP contribution in [0.15, 0.2) is 16.5 Å². The van der Waals surface area contributed by atoms with Gasteiger partial charge in [0.05, 0.1) is 13.1 Å². The molecule has 0 fully saturated rings. The second-order valence-corrected chi connectivity index (χ2v) is 6.79.